The minimum absolute atomic E-state index is 0.183. The standard InChI is InChI=1S/C6H12OSi/c1-5-3-4-6(5)7-8-2/h3-4,8H2,1-2H3. The van der Waals surface area contributed by atoms with Gasteiger partial charge in [0.05, 0.1) is 5.76 Å². The third kappa shape index (κ3) is 0.942. The van der Waals surface area contributed by atoms with Crippen molar-refractivity contribution in [2.45, 2.75) is 26.3 Å². The maximum atomic E-state index is 5.41. The van der Waals surface area contributed by atoms with Gasteiger partial charge in [-0.3, -0.25) is 0 Å². The highest BCUT2D eigenvalue weighted by Crippen LogP contribution is 2.26. The fourth-order valence-electron chi connectivity index (χ4n) is 0.847. The number of rotatable bonds is 2. The predicted molar refractivity (Wildman–Crippen MR) is 37.4 cm³/mol. The van der Waals surface area contributed by atoms with E-state index in [1.807, 2.05) is 0 Å². The quantitative estimate of drug-likeness (QED) is 0.508. The molecule has 1 nitrogen and oxygen atoms in total. The second-order valence-electron chi connectivity index (χ2n) is 2.14. The Hall–Kier alpha value is -0.243. The van der Waals surface area contributed by atoms with E-state index in [0.717, 1.165) is 0 Å². The zero-order valence-corrected chi connectivity index (χ0v) is 6.94. The molecular formula is C6H12OSi. The largest absolute Gasteiger partial charge is 0.553 e. The van der Waals surface area contributed by atoms with Gasteiger partial charge in [0, 0.05) is 6.42 Å². The Balaban J connectivity index is 2.35. The summed E-state index contributed by atoms with van der Waals surface area (Å²) in [6.07, 6.45) is 2.47. The van der Waals surface area contributed by atoms with Crippen LogP contribution in [0.15, 0.2) is 11.3 Å². The first-order valence-electron chi connectivity index (χ1n) is 3.16. The Kier molecular flexibility index (Phi) is 1.73. The van der Waals surface area contributed by atoms with E-state index in [-0.39, 0.29) is 9.76 Å². The molecule has 0 heterocycles. The molecule has 0 saturated carbocycles. The monoisotopic (exact) mass is 128 g/mol. The highest BCUT2D eigenvalue weighted by atomic mass is 28.2. The molecule has 0 atom stereocenters. The van der Waals surface area contributed by atoms with Crippen LogP contribution in [0.25, 0.3) is 0 Å². The minimum atomic E-state index is -0.183. The molecule has 0 bridgehead atoms. The summed E-state index contributed by atoms with van der Waals surface area (Å²) in [5.41, 5.74) is 1.47. The molecule has 2 heteroatoms. The SMILES string of the molecule is C[SiH2]OC1=C(C)CC1. The van der Waals surface area contributed by atoms with Gasteiger partial charge in [-0.1, -0.05) is 0 Å². The molecular weight excluding hydrogens is 116 g/mol. The smallest absolute Gasteiger partial charge is 0.216 e. The maximum absolute atomic E-state index is 5.41. The number of hydrogen-bond donors (Lipinski definition) is 0. The summed E-state index contributed by atoms with van der Waals surface area (Å²) in [5, 5.41) is 0. The first-order chi connectivity index (χ1) is 3.84. The lowest BCUT2D eigenvalue weighted by atomic mass is 9.99. The molecule has 1 rings (SSSR count). The number of hydrogen-bond acceptors (Lipinski definition) is 1. The van der Waals surface area contributed by atoms with Crippen LogP contribution in [0, 0.1) is 0 Å². The second-order valence-corrected chi connectivity index (χ2v) is 3.00. The van der Waals surface area contributed by atoms with E-state index in [1.54, 1.807) is 0 Å². The van der Waals surface area contributed by atoms with Gasteiger partial charge in [0.2, 0.25) is 9.76 Å². The first-order valence-corrected chi connectivity index (χ1v) is 5.15. The molecule has 0 aromatic carbocycles. The van der Waals surface area contributed by atoms with Crippen LogP contribution < -0.4 is 0 Å². The lowest BCUT2D eigenvalue weighted by molar-refractivity contribution is 0.390. The lowest BCUT2D eigenvalue weighted by Gasteiger charge is -2.20. The van der Waals surface area contributed by atoms with Crippen LogP contribution in [-0.4, -0.2) is 9.76 Å². The Labute approximate surface area is 52.7 Å². The Bertz CT molecular complexity index is 118. The predicted octanol–water partition coefficient (Wildman–Crippen LogP) is 1.20. The van der Waals surface area contributed by atoms with Crippen LogP contribution in [-0.2, 0) is 4.43 Å². The van der Waals surface area contributed by atoms with Crippen LogP contribution in [0.2, 0.25) is 6.55 Å². The zero-order valence-electron chi connectivity index (χ0n) is 5.53. The third-order valence-electron chi connectivity index (χ3n) is 1.52. The van der Waals surface area contributed by atoms with Crippen LogP contribution in [0.4, 0.5) is 0 Å². The minimum Gasteiger partial charge on any atom is -0.553 e. The molecule has 0 N–H and O–H groups in total. The highest BCUT2D eigenvalue weighted by molar-refractivity contribution is 6.25. The van der Waals surface area contributed by atoms with Crippen molar-refractivity contribution in [2.24, 2.45) is 0 Å². The summed E-state index contributed by atoms with van der Waals surface area (Å²) in [7, 11) is -0.183. The van der Waals surface area contributed by atoms with E-state index in [4.69, 9.17) is 4.43 Å². The first kappa shape index (κ1) is 5.89. The molecule has 0 saturated heterocycles. The molecule has 0 aromatic heterocycles. The van der Waals surface area contributed by atoms with Gasteiger partial charge in [0.1, 0.15) is 0 Å². The van der Waals surface area contributed by atoms with Gasteiger partial charge in [0.25, 0.3) is 0 Å². The van der Waals surface area contributed by atoms with Crippen molar-refractivity contribution in [2.75, 3.05) is 0 Å². The van der Waals surface area contributed by atoms with Gasteiger partial charge >= 0.3 is 0 Å². The molecule has 46 valence electrons. The average molecular weight is 128 g/mol. The molecule has 1 aliphatic carbocycles. The van der Waals surface area contributed by atoms with Crippen molar-refractivity contribution in [3.8, 4) is 0 Å². The van der Waals surface area contributed by atoms with Crippen LogP contribution in [0.3, 0.4) is 0 Å². The van der Waals surface area contributed by atoms with E-state index in [2.05, 4.69) is 13.5 Å². The van der Waals surface area contributed by atoms with E-state index < -0.39 is 0 Å². The van der Waals surface area contributed by atoms with Gasteiger partial charge in [-0.05, 0) is 25.5 Å². The van der Waals surface area contributed by atoms with Gasteiger partial charge in [0.15, 0.2) is 0 Å². The fraction of sp³-hybridized carbons (Fsp3) is 0.667. The Morgan fingerprint density at radius 1 is 1.50 bits per heavy atom. The van der Waals surface area contributed by atoms with Gasteiger partial charge < -0.3 is 4.43 Å². The van der Waals surface area contributed by atoms with Crippen molar-refractivity contribution in [3.05, 3.63) is 11.3 Å². The molecule has 0 unspecified atom stereocenters. The van der Waals surface area contributed by atoms with Crippen molar-refractivity contribution >= 4 is 9.76 Å². The fourth-order valence-corrected chi connectivity index (χ4v) is 1.59. The van der Waals surface area contributed by atoms with E-state index in [1.165, 1.54) is 24.2 Å². The number of allylic oxidation sites excluding steroid dienone is 2. The molecule has 0 spiro atoms. The van der Waals surface area contributed by atoms with Gasteiger partial charge in [-0.15, -0.1) is 0 Å². The highest BCUT2D eigenvalue weighted by Gasteiger charge is 2.11. The normalized spacial score (nSPS) is 19.8. The Morgan fingerprint density at radius 2 is 2.25 bits per heavy atom. The molecule has 0 radical (unpaired) electrons. The van der Waals surface area contributed by atoms with Gasteiger partial charge in [-0.25, -0.2) is 0 Å². The molecule has 1 aliphatic rings. The average Bonchev–Trinajstić information content (AvgIpc) is 1.79. The lowest BCUT2D eigenvalue weighted by Crippen LogP contribution is -2.06. The van der Waals surface area contributed by atoms with E-state index in [9.17, 15) is 0 Å². The van der Waals surface area contributed by atoms with Crippen LogP contribution in [0.1, 0.15) is 19.8 Å². The van der Waals surface area contributed by atoms with Gasteiger partial charge in [-0.2, -0.15) is 0 Å². The second kappa shape index (κ2) is 2.35. The van der Waals surface area contributed by atoms with Crippen LogP contribution >= 0.6 is 0 Å². The Morgan fingerprint density at radius 3 is 2.38 bits per heavy atom. The molecule has 0 aliphatic heterocycles. The summed E-state index contributed by atoms with van der Waals surface area (Å²) >= 11 is 0. The van der Waals surface area contributed by atoms with Crippen molar-refractivity contribution in [1.29, 1.82) is 0 Å². The third-order valence-corrected chi connectivity index (χ3v) is 2.16. The summed E-state index contributed by atoms with van der Waals surface area (Å²) in [4.78, 5) is 0. The summed E-state index contributed by atoms with van der Waals surface area (Å²) in [5.74, 6) is 1.29. The molecule has 0 amide bonds. The van der Waals surface area contributed by atoms with E-state index in [0.29, 0.717) is 0 Å². The van der Waals surface area contributed by atoms with Crippen molar-refractivity contribution in [3.63, 3.8) is 0 Å². The van der Waals surface area contributed by atoms with E-state index >= 15 is 0 Å². The van der Waals surface area contributed by atoms with Crippen molar-refractivity contribution < 1.29 is 4.43 Å². The summed E-state index contributed by atoms with van der Waals surface area (Å²) in [6.45, 7) is 4.32. The maximum Gasteiger partial charge on any atom is 0.216 e. The topological polar surface area (TPSA) is 9.23 Å². The molecule has 0 fully saturated rings. The van der Waals surface area contributed by atoms with Crippen LogP contribution in [0.5, 0.6) is 0 Å². The summed E-state index contributed by atoms with van der Waals surface area (Å²) < 4.78 is 5.41. The molecule has 0 aromatic rings. The summed E-state index contributed by atoms with van der Waals surface area (Å²) in [6, 6.07) is 0. The molecule has 8 heavy (non-hydrogen) atoms. The zero-order chi connectivity index (χ0) is 5.98. The van der Waals surface area contributed by atoms with Crippen molar-refractivity contribution in [1.82, 2.24) is 0 Å².